The summed E-state index contributed by atoms with van der Waals surface area (Å²) in [6.07, 6.45) is 2.93. The Kier molecular flexibility index (Phi) is 4.45. The monoisotopic (exact) mass is 338 g/mol. The van der Waals surface area contributed by atoms with Gasteiger partial charge in [-0.25, -0.2) is 9.97 Å². The zero-order valence-electron chi connectivity index (χ0n) is 14.0. The van der Waals surface area contributed by atoms with Gasteiger partial charge in [0.1, 0.15) is 17.0 Å². The van der Waals surface area contributed by atoms with Crippen LogP contribution < -0.4 is 4.90 Å². The zero-order valence-corrected chi connectivity index (χ0v) is 14.8. The third-order valence-corrected chi connectivity index (χ3v) is 5.53. The highest BCUT2D eigenvalue weighted by atomic mass is 32.1. The van der Waals surface area contributed by atoms with E-state index in [-0.39, 0.29) is 0 Å². The second-order valence-corrected chi connectivity index (χ2v) is 7.08. The molecule has 2 aromatic heterocycles. The molecule has 1 aliphatic heterocycles. The molecule has 0 aliphatic carbocycles. The molecule has 1 saturated heterocycles. The lowest BCUT2D eigenvalue weighted by molar-refractivity contribution is 0.258. The highest BCUT2D eigenvalue weighted by molar-refractivity contribution is 7.17. The van der Waals surface area contributed by atoms with E-state index >= 15 is 0 Å². The molecule has 124 valence electrons. The van der Waals surface area contributed by atoms with Gasteiger partial charge in [-0.1, -0.05) is 37.3 Å². The number of thiophene rings is 1. The van der Waals surface area contributed by atoms with Gasteiger partial charge in [-0.05, 0) is 18.5 Å². The molecule has 24 heavy (non-hydrogen) atoms. The van der Waals surface area contributed by atoms with E-state index in [4.69, 9.17) is 0 Å². The number of anilines is 1. The summed E-state index contributed by atoms with van der Waals surface area (Å²) in [4.78, 5) is 15.2. The Labute approximate surface area is 146 Å². The van der Waals surface area contributed by atoms with Crippen LogP contribution in [0.2, 0.25) is 0 Å². The summed E-state index contributed by atoms with van der Waals surface area (Å²) in [6, 6.07) is 10.6. The van der Waals surface area contributed by atoms with Crippen LogP contribution in [-0.2, 0) is 0 Å². The van der Waals surface area contributed by atoms with Gasteiger partial charge in [0.15, 0.2) is 0 Å². The van der Waals surface area contributed by atoms with E-state index in [9.17, 15) is 0 Å². The topological polar surface area (TPSA) is 32.3 Å². The summed E-state index contributed by atoms with van der Waals surface area (Å²) in [5.41, 5.74) is 2.49. The quantitative estimate of drug-likeness (QED) is 0.722. The summed E-state index contributed by atoms with van der Waals surface area (Å²) in [5, 5.41) is 3.42. The minimum Gasteiger partial charge on any atom is -0.353 e. The molecule has 0 N–H and O–H groups in total. The number of hydrogen-bond donors (Lipinski definition) is 0. The second kappa shape index (κ2) is 6.87. The average Bonchev–Trinajstić information content (AvgIpc) is 3.08. The van der Waals surface area contributed by atoms with Crippen molar-refractivity contribution < 1.29 is 0 Å². The average molecular weight is 338 g/mol. The fourth-order valence-corrected chi connectivity index (χ4v) is 4.34. The molecule has 4 rings (SSSR count). The molecule has 0 spiro atoms. The maximum Gasteiger partial charge on any atom is 0.141 e. The van der Waals surface area contributed by atoms with Crippen LogP contribution in [-0.4, -0.2) is 47.6 Å². The molecule has 3 heterocycles. The molecule has 1 fully saturated rings. The van der Waals surface area contributed by atoms with Crippen LogP contribution in [0.25, 0.3) is 21.3 Å². The van der Waals surface area contributed by atoms with Crippen LogP contribution in [0.3, 0.4) is 0 Å². The first kappa shape index (κ1) is 15.5. The maximum absolute atomic E-state index is 4.66. The Hall–Kier alpha value is -1.98. The van der Waals surface area contributed by atoms with Crippen LogP contribution in [0.15, 0.2) is 42.0 Å². The number of hydrogen-bond acceptors (Lipinski definition) is 5. The fraction of sp³-hybridized carbons (Fsp3) is 0.368. The van der Waals surface area contributed by atoms with E-state index in [0.717, 1.165) is 36.8 Å². The summed E-state index contributed by atoms with van der Waals surface area (Å²) >= 11 is 1.71. The molecule has 3 aromatic rings. The van der Waals surface area contributed by atoms with E-state index in [1.807, 2.05) is 0 Å². The van der Waals surface area contributed by atoms with Gasteiger partial charge < -0.3 is 4.90 Å². The van der Waals surface area contributed by atoms with Gasteiger partial charge in [-0.2, -0.15) is 0 Å². The lowest BCUT2D eigenvalue weighted by atomic mass is 10.1. The molecule has 0 saturated carbocycles. The number of piperazine rings is 1. The van der Waals surface area contributed by atoms with Crippen LogP contribution in [0.4, 0.5) is 5.82 Å². The van der Waals surface area contributed by atoms with Crippen molar-refractivity contribution in [1.29, 1.82) is 0 Å². The van der Waals surface area contributed by atoms with Gasteiger partial charge in [0.05, 0.1) is 5.39 Å². The lowest BCUT2D eigenvalue weighted by Gasteiger charge is -2.35. The van der Waals surface area contributed by atoms with E-state index in [2.05, 4.69) is 62.4 Å². The molecule has 1 aliphatic rings. The molecule has 5 heteroatoms. The van der Waals surface area contributed by atoms with Gasteiger partial charge in [0.2, 0.25) is 0 Å². The van der Waals surface area contributed by atoms with Crippen molar-refractivity contribution in [2.45, 2.75) is 13.3 Å². The first-order chi connectivity index (χ1) is 11.9. The molecule has 4 nitrogen and oxygen atoms in total. The van der Waals surface area contributed by atoms with Crippen molar-refractivity contribution in [3.8, 4) is 11.1 Å². The van der Waals surface area contributed by atoms with Crippen molar-refractivity contribution in [3.63, 3.8) is 0 Å². The standard InChI is InChI=1S/C19H22N4S/c1-2-8-22-9-11-23(12-10-22)18-17-16(15-6-4-3-5-7-15)13-24-19(17)21-14-20-18/h3-7,13-14H,2,8-12H2,1H3. The van der Waals surface area contributed by atoms with Crippen molar-refractivity contribution in [2.24, 2.45) is 0 Å². The maximum atomic E-state index is 4.66. The number of rotatable bonds is 4. The highest BCUT2D eigenvalue weighted by Gasteiger charge is 2.21. The lowest BCUT2D eigenvalue weighted by Crippen LogP contribution is -2.46. The summed E-state index contributed by atoms with van der Waals surface area (Å²) < 4.78 is 0. The van der Waals surface area contributed by atoms with Crippen LogP contribution in [0.5, 0.6) is 0 Å². The summed E-state index contributed by atoms with van der Waals surface area (Å²) in [5.74, 6) is 1.09. The molecular weight excluding hydrogens is 316 g/mol. The first-order valence-electron chi connectivity index (χ1n) is 8.61. The predicted octanol–water partition coefficient (Wildman–Crippen LogP) is 3.89. The van der Waals surface area contributed by atoms with Crippen molar-refractivity contribution in [3.05, 3.63) is 42.0 Å². The third-order valence-electron chi connectivity index (χ3n) is 4.65. The van der Waals surface area contributed by atoms with Gasteiger partial charge in [-0.15, -0.1) is 11.3 Å². The van der Waals surface area contributed by atoms with Crippen LogP contribution in [0.1, 0.15) is 13.3 Å². The summed E-state index contributed by atoms with van der Waals surface area (Å²) in [6.45, 7) is 7.75. The minimum atomic E-state index is 1.04. The number of aromatic nitrogens is 2. The second-order valence-electron chi connectivity index (χ2n) is 6.22. The molecule has 0 bridgehead atoms. The number of benzene rings is 1. The zero-order chi connectivity index (χ0) is 16.4. The predicted molar refractivity (Wildman–Crippen MR) is 102 cm³/mol. The van der Waals surface area contributed by atoms with E-state index in [0.29, 0.717) is 0 Å². The number of nitrogens with zero attached hydrogens (tertiary/aromatic N) is 4. The Balaban J connectivity index is 1.70. The van der Waals surface area contributed by atoms with Gasteiger partial charge in [0, 0.05) is 37.1 Å². The first-order valence-corrected chi connectivity index (χ1v) is 9.49. The van der Waals surface area contributed by atoms with Crippen LogP contribution >= 0.6 is 11.3 Å². The SMILES string of the molecule is CCCN1CCN(c2ncnc3scc(-c4ccccc4)c23)CC1. The van der Waals surface area contributed by atoms with Crippen molar-refractivity contribution >= 4 is 27.4 Å². The van der Waals surface area contributed by atoms with Gasteiger partial charge in [0.25, 0.3) is 0 Å². The summed E-state index contributed by atoms with van der Waals surface area (Å²) in [7, 11) is 0. The minimum absolute atomic E-state index is 1.04. The Morgan fingerprint density at radius 2 is 1.83 bits per heavy atom. The van der Waals surface area contributed by atoms with E-state index < -0.39 is 0 Å². The smallest absolute Gasteiger partial charge is 0.141 e. The largest absolute Gasteiger partial charge is 0.353 e. The molecule has 0 radical (unpaired) electrons. The fourth-order valence-electron chi connectivity index (χ4n) is 3.43. The third kappa shape index (κ3) is 2.89. The van der Waals surface area contributed by atoms with Gasteiger partial charge >= 0.3 is 0 Å². The molecule has 0 unspecified atom stereocenters. The van der Waals surface area contributed by atoms with Crippen molar-refractivity contribution in [2.75, 3.05) is 37.6 Å². The highest BCUT2D eigenvalue weighted by Crippen LogP contribution is 2.37. The molecule has 1 aromatic carbocycles. The molecule has 0 atom stereocenters. The number of fused-ring (bicyclic) bond motifs is 1. The molecular formula is C19H22N4S. The normalized spacial score (nSPS) is 16.0. The van der Waals surface area contributed by atoms with E-state index in [1.54, 1.807) is 17.7 Å². The van der Waals surface area contributed by atoms with Gasteiger partial charge in [-0.3, -0.25) is 4.90 Å². The Bertz CT molecular complexity index is 807. The van der Waals surface area contributed by atoms with Crippen molar-refractivity contribution in [1.82, 2.24) is 14.9 Å². The Morgan fingerprint density at radius 1 is 1.04 bits per heavy atom. The van der Waals surface area contributed by atoms with Crippen LogP contribution in [0, 0.1) is 0 Å². The Morgan fingerprint density at radius 3 is 2.58 bits per heavy atom. The molecule has 0 amide bonds. The van der Waals surface area contributed by atoms with E-state index in [1.165, 1.54) is 29.5 Å².